The molecule has 2 aromatic rings. The first-order valence-electron chi connectivity index (χ1n) is 6.44. The van der Waals surface area contributed by atoms with Gasteiger partial charge in [0.25, 0.3) is 0 Å². The summed E-state index contributed by atoms with van der Waals surface area (Å²) in [5.74, 6) is 0.235. The molecule has 0 aliphatic rings. The molecule has 114 valence electrons. The van der Waals surface area contributed by atoms with Gasteiger partial charge >= 0.3 is 6.18 Å². The summed E-state index contributed by atoms with van der Waals surface area (Å²) in [6.07, 6.45) is -1.53. The fourth-order valence-corrected chi connectivity index (χ4v) is 1.89. The van der Waals surface area contributed by atoms with Crippen LogP contribution in [0.2, 0.25) is 0 Å². The van der Waals surface area contributed by atoms with E-state index in [1.54, 1.807) is 30.3 Å². The molecule has 0 N–H and O–H groups in total. The van der Waals surface area contributed by atoms with E-state index in [0.29, 0.717) is 11.3 Å². The molecule has 0 amide bonds. The second-order valence-electron chi connectivity index (χ2n) is 4.51. The van der Waals surface area contributed by atoms with Gasteiger partial charge < -0.3 is 4.74 Å². The summed E-state index contributed by atoms with van der Waals surface area (Å²) in [5.41, 5.74) is 0.127. The van der Waals surface area contributed by atoms with E-state index in [4.69, 9.17) is 4.74 Å². The number of para-hydroxylation sites is 1. The number of ether oxygens (including phenoxy) is 1. The van der Waals surface area contributed by atoms with Gasteiger partial charge in [-0.25, -0.2) is 0 Å². The van der Waals surface area contributed by atoms with Crippen molar-refractivity contribution in [3.63, 3.8) is 0 Å². The first kappa shape index (κ1) is 15.8. The van der Waals surface area contributed by atoms with E-state index < -0.39 is 11.7 Å². The van der Waals surface area contributed by atoms with E-state index in [1.807, 2.05) is 0 Å². The minimum Gasteiger partial charge on any atom is -0.496 e. The lowest BCUT2D eigenvalue weighted by Gasteiger charge is -2.06. The molecule has 2 nitrogen and oxygen atoms in total. The van der Waals surface area contributed by atoms with Gasteiger partial charge in [0.15, 0.2) is 5.78 Å². The van der Waals surface area contributed by atoms with Crippen LogP contribution < -0.4 is 4.74 Å². The molecule has 2 aromatic carbocycles. The van der Waals surface area contributed by atoms with Crippen molar-refractivity contribution in [1.82, 2.24) is 0 Å². The number of carbonyl (C=O) groups is 1. The maximum absolute atomic E-state index is 12.5. The number of alkyl halides is 3. The van der Waals surface area contributed by atoms with Gasteiger partial charge in [0.05, 0.1) is 12.7 Å². The summed E-state index contributed by atoms with van der Waals surface area (Å²) >= 11 is 0. The van der Waals surface area contributed by atoms with E-state index in [1.165, 1.54) is 13.2 Å². The molecule has 0 aliphatic heterocycles. The maximum Gasteiger partial charge on any atom is 0.416 e. The Bertz CT molecular complexity index is 686. The molecule has 0 heterocycles. The van der Waals surface area contributed by atoms with Crippen LogP contribution in [0.15, 0.2) is 54.6 Å². The number of benzene rings is 2. The Morgan fingerprint density at radius 1 is 1.05 bits per heavy atom. The normalized spacial score (nSPS) is 11.6. The number of carbonyl (C=O) groups excluding carboxylic acids is 1. The first-order valence-corrected chi connectivity index (χ1v) is 6.44. The van der Waals surface area contributed by atoms with Crippen molar-refractivity contribution in [2.24, 2.45) is 0 Å². The maximum atomic E-state index is 12.5. The van der Waals surface area contributed by atoms with Gasteiger partial charge in [-0.1, -0.05) is 30.3 Å². The summed E-state index contributed by atoms with van der Waals surface area (Å²) in [5, 5.41) is 0. The van der Waals surface area contributed by atoms with Gasteiger partial charge in [0.2, 0.25) is 0 Å². The van der Waals surface area contributed by atoms with Crippen LogP contribution in [0, 0.1) is 0 Å². The first-order chi connectivity index (χ1) is 10.4. The summed E-state index contributed by atoms with van der Waals surface area (Å²) in [6, 6.07) is 11.2. The van der Waals surface area contributed by atoms with Crippen LogP contribution in [-0.4, -0.2) is 12.9 Å². The molecule has 5 heteroatoms. The molecular formula is C17H13F3O2. The molecule has 0 fully saturated rings. The van der Waals surface area contributed by atoms with Gasteiger partial charge in [-0.05, 0) is 30.4 Å². The molecule has 0 bridgehead atoms. The van der Waals surface area contributed by atoms with Crippen LogP contribution in [0.25, 0.3) is 6.08 Å². The third-order valence-corrected chi connectivity index (χ3v) is 3.05. The SMILES string of the molecule is COc1ccccc1C=CC(=O)c1ccc(C(F)(F)F)cc1. The zero-order valence-electron chi connectivity index (χ0n) is 11.7. The Morgan fingerprint density at radius 2 is 1.68 bits per heavy atom. The van der Waals surface area contributed by atoms with Crippen molar-refractivity contribution >= 4 is 11.9 Å². The number of rotatable bonds is 4. The van der Waals surface area contributed by atoms with Crippen molar-refractivity contribution in [1.29, 1.82) is 0 Å². The van der Waals surface area contributed by atoms with E-state index in [2.05, 4.69) is 0 Å². The smallest absolute Gasteiger partial charge is 0.416 e. The van der Waals surface area contributed by atoms with Gasteiger partial charge in [-0.2, -0.15) is 13.2 Å². The highest BCUT2D eigenvalue weighted by Crippen LogP contribution is 2.29. The summed E-state index contributed by atoms with van der Waals surface area (Å²) < 4.78 is 42.5. The summed E-state index contributed by atoms with van der Waals surface area (Å²) in [7, 11) is 1.52. The average molecular weight is 306 g/mol. The number of ketones is 1. The Hall–Kier alpha value is -2.56. The Labute approximate surface area is 125 Å². The minimum absolute atomic E-state index is 0.194. The Kier molecular flexibility index (Phi) is 4.65. The third kappa shape index (κ3) is 3.75. The lowest BCUT2D eigenvalue weighted by atomic mass is 10.1. The number of hydrogen-bond acceptors (Lipinski definition) is 2. The van der Waals surface area contributed by atoms with Gasteiger partial charge in [0.1, 0.15) is 5.75 Å². The number of methoxy groups -OCH3 is 1. The van der Waals surface area contributed by atoms with Crippen molar-refractivity contribution in [2.75, 3.05) is 7.11 Å². The molecule has 0 aromatic heterocycles. The molecule has 0 unspecified atom stereocenters. The Morgan fingerprint density at radius 3 is 2.27 bits per heavy atom. The summed E-state index contributed by atoms with van der Waals surface area (Å²) in [4.78, 5) is 12.0. The predicted molar refractivity (Wildman–Crippen MR) is 77.8 cm³/mol. The van der Waals surface area contributed by atoms with Crippen LogP contribution in [0.1, 0.15) is 21.5 Å². The van der Waals surface area contributed by atoms with Gasteiger partial charge in [0, 0.05) is 11.1 Å². The number of hydrogen-bond donors (Lipinski definition) is 0. The lowest BCUT2D eigenvalue weighted by Crippen LogP contribution is -2.05. The van der Waals surface area contributed by atoms with Gasteiger partial charge in [-0.15, -0.1) is 0 Å². The topological polar surface area (TPSA) is 26.3 Å². The molecule has 0 radical (unpaired) electrons. The second-order valence-corrected chi connectivity index (χ2v) is 4.51. The lowest BCUT2D eigenvalue weighted by molar-refractivity contribution is -0.137. The number of allylic oxidation sites excluding steroid dienone is 1. The quantitative estimate of drug-likeness (QED) is 0.609. The van der Waals surface area contributed by atoms with Gasteiger partial charge in [-0.3, -0.25) is 4.79 Å². The fourth-order valence-electron chi connectivity index (χ4n) is 1.89. The van der Waals surface area contributed by atoms with E-state index in [9.17, 15) is 18.0 Å². The molecule has 0 saturated carbocycles. The van der Waals surface area contributed by atoms with Crippen molar-refractivity contribution in [3.8, 4) is 5.75 Å². The standard InChI is InChI=1S/C17H13F3O2/c1-22-16-5-3-2-4-13(16)8-11-15(21)12-6-9-14(10-7-12)17(18,19)20/h2-11H,1H3. The van der Waals surface area contributed by atoms with E-state index in [0.717, 1.165) is 24.3 Å². The van der Waals surface area contributed by atoms with Crippen molar-refractivity contribution < 1.29 is 22.7 Å². The average Bonchev–Trinajstić information content (AvgIpc) is 2.52. The molecule has 0 saturated heterocycles. The van der Waals surface area contributed by atoms with Crippen molar-refractivity contribution in [2.45, 2.75) is 6.18 Å². The third-order valence-electron chi connectivity index (χ3n) is 3.05. The second kappa shape index (κ2) is 6.47. The Balaban J connectivity index is 2.17. The zero-order valence-corrected chi connectivity index (χ0v) is 11.7. The highest BCUT2D eigenvalue weighted by atomic mass is 19.4. The predicted octanol–water partition coefficient (Wildman–Crippen LogP) is 4.61. The zero-order chi connectivity index (χ0) is 16.2. The van der Waals surface area contributed by atoms with Crippen LogP contribution in [-0.2, 0) is 6.18 Å². The van der Waals surface area contributed by atoms with Crippen LogP contribution in [0.4, 0.5) is 13.2 Å². The van der Waals surface area contributed by atoms with Crippen LogP contribution >= 0.6 is 0 Å². The number of halogens is 3. The largest absolute Gasteiger partial charge is 0.496 e. The molecule has 2 rings (SSSR count). The monoisotopic (exact) mass is 306 g/mol. The van der Waals surface area contributed by atoms with E-state index in [-0.39, 0.29) is 11.3 Å². The van der Waals surface area contributed by atoms with E-state index >= 15 is 0 Å². The molecule has 0 aliphatic carbocycles. The van der Waals surface area contributed by atoms with Crippen molar-refractivity contribution in [3.05, 3.63) is 71.3 Å². The highest BCUT2D eigenvalue weighted by Gasteiger charge is 2.30. The molecular weight excluding hydrogens is 293 g/mol. The van der Waals surface area contributed by atoms with Crippen LogP contribution in [0.3, 0.4) is 0 Å². The minimum atomic E-state index is -4.41. The van der Waals surface area contributed by atoms with Crippen LogP contribution in [0.5, 0.6) is 5.75 Å². The summed E-state index contributed by atoms with van der Waals surface area (Å²) in [6.45, 7) is 0. The molecule has 0 atom stereocenters. The molecule has 0 spiro atoms. The highest BCUT2D eigenvalue weighted by molar-refractivity contribution is 6.06. The fraction of sp³-hybridized carbons (Fsp3) is 0.118. The molecule has 22 heavy (non-hydrogen) atoms.